The van der Waals surface area contributed by atoms with Crippen LogP contribution in [0.1, 0.15) is 39.2 Å². The summed E-state index contributed by atoms with van der Waals surface area (Å²) in [7, 11) is 0. The predicted molar refractivity (Wildman–Crippen MR) is 87.5 cm³/mol. The van der Waals surface area contributed by atoms with E-state index in [1.165, 1.54) is 29.3 Å². The average molecular weight is 286 g/mol. The van der Waals surface area contributed by atoms with E-state index in [1.807, 2.05) is 0 Å². The summed E-state index contributed by atoms with van der Waals surface area (Å²) in [6.45, 7) is 8.93. The van der Waals surface area contributed by atoms with E-state index in [0.29, 0.717) is 0 Å². The molecule has 0 saturated heterocycles. The average Bonchev–Trinajstić information content (AvgIpc) is 3.19. The maximum absolute atomic E-state index is 5.86. The van der Waals surface area contributed by atoms with Crippen molar-refractivity contribution in [2.24, 2.45) is 0 Å². The summed E-state index contributed by atoms with van der Waals surface area (Å²) in [6.07, 6.45) is 4.95. The second kappa shape index (κ2) is 5.82. The van der Waals surface area contributed by atoms with Crippen molar-refractivity contribution in [2.45, 2.75) is 58.3 Å². The Labute approximate surface area is 127 Å². The molecule has 114 valence electrons. The lowest BCUT2D eigenvalue weighted by Gasteiger charge is -2.19. The van der Waals surface area contributed by atoms with Gasteiger partial charge in [-0.25, -0.2) is 0 Å². The standard InChI is InChI=1S/C18H26N2O/c1-18(2,3)21-11-10-20-13-14(12-19-15-8-9-15)16-6-4-5-7-17(16)20/h4-7,13,15,19H,8-12H2,1-3H3. The van der Waals surface area contributed by atoms with Gasteiger partial charge in [-0.2, -0.15) is 0 Å². The molecule has 1 heterocycles. The number of hydrogen-bond donors (Lipinski definition) is 1. The number of benzene rings is 1. The zero-order valence-corrected chi connectivity index (χ0v) is 13.4. The molecule has 0 bridgehead atoms. The molecule has 1 aliphatic rings. The summed E-state index contributed by atoms with van der Waals surface area (Å²) >= 11 is 0. The SMILES string of the molecule is CC(C)(C)OCCn1cc(CNC2CC2)c2ccccc21. The van der Waals surface area contributed by atoms with Crippen LogP contribution in [0, 0.1) is 0 Å². The lowest BCUT2D eigenvalue weighted by atomic mass is 10.2. The number of nitrogens with one attached hydrogen (secondary N) is 1. The predicted octanol–water partition coefficient (Wildman–Crippen LogP) is 3.71. The highest BCUT2D eigenvalue weighted by atomic mass is 16.5. The number of aromatic nitrogens is 1. The van der Waals surface area contributed by atoms with Gasteiger partial charge in [-0.1, -0.05) is 18.2 Å². The Morgan fingerprint density at radius 3 is 2.71 bits per heavy atom. The van der Waals surface area contributed by atoms with E-state index in [0.717, 1.165) is 25.7 Å². The maximum Gasteiger partial charge on any atom is 0.0652 e. The van der Waals surface area contributed by atoms with Crippen molar-refractivity contribution in [3.05, 3.63) is 36.0 Å². The summed E-state index contributed by atoms with van der Waals surface area (Å²) in [5, 5.41) is 4.98. The minimum Gasteiger partial charge on any atom is -0.374 e. The van der Waals surface area contributed by atoms with Crippen molar-refractivity contribution in [3.63, 3.8) is 0 Å². The van der Waals surface area contributed by atoms with Gasteiger partial charge in [-0.3, -0.25) is 0 Å². The first-order chi connectivity index (χ1) is 10.0. The van der Waals surface area contributed by atoms with E-state index in [1.54, 1.807) is 0 Å². The van der Waals surface area contributed by atoms with Gasteiger partial charge < -0.3 is 14.6 Å². The molecule has 21 heavy (non-hydrogen) atoms. The van der Waals surface area contributed by atoms with Gasteiger partial charge in [0.05, 0.1) is 12.2 Å². The molecule has 1 aromatic carbocycles. The third-order valence-corrected chi connectivity index (χ3v) is 3.90. The summed E-state index contributed by atoms with van der Waals surface area (Å²) in [4.78, 5) is 0. The van der Waals surface area contributed by atoms with E-state index in [9.17, 15) is 0 Å². The van der Waals surface area contributed by atoms with Crippen LogP contribution in [-0.4, -0.2) is 22.8 Å². The second-order valence-corrected chi connectivity index (χ2v) is 6.98. The van der Waals surface area contributed by atoms with Crippen molar-refractivity contribution in [1.29, 1.82) is 0 Å². The molecule has 0 amide bonds. The van der Waals surface area contributed by atoms with E-state index in [2.05, 4.69) is 61.1 Å². The number of fused-ring (bicyclic) bond motifs is 1. The quantitative estimate of drug-likeness (QED) is 0.876. The molecule has 1 N–H and O–H groups in total. The Morgan fingerprint density at radius 1 is 1.24 bits per heavy atom. The largest absolute Gasteiger partial charge is 0.374 e. The van der Waals surface area contributed by atoms with Crippen LogP contribution >= 0.6 is 0 Å². The highest BCUT2D eigenvalue weighted by Gasteiger charge is 2.20. The molecule has 0 radical (unpaired) electrons. The molecule has 1 aromatic heterocycles. The normalized spacial score (nSPS) is 15.8. The zero-order valence-electron chi connectivity index (χ0n) is 13.4. The molecule has 0 unspecified atom stereocenters. The van der Waals surface area contributed by atoms with Gasteiger partial charge in [0, 0.05) is 36.2 Å². The second-order valence-electron chi connectivity index (χ2n) is 6.98. The van der Waals surface area contributed by atoms with E-state index in [4.69, 9.17) is 4.74 Å². The summed E-state index contributed by atoms with van der Waals surface area (Å²) in [5.74, 6) is 0. The monoisotopic (exact) mass is 286 g/mol. The highest BCUT2D eigenvalue weighted by Crippen LogP contribution is 2.24. The lowest BCUT2D eigenvalue weighted by molar-refractivity contribution is -0.00645. The van der Waals surface area contributed by atoms with Gasteiger partial charge in [-0.15, -0.1) is 0 Å². The fraction of sp³-hybridized carbons (Fsp3) is 0.556. The summed E-state index contributed by atoms with van der Waals surface area (Å²) in [6, 6.07) is 9.41. The number of hydrogen-bond acceptors (Lipinski definition) is 2. The fourth-order valence-corrected chi connectivity index (χ4v) is 2.64. The Hall–Kier alpha value is -1.32. The first-order valence-corrected chi connectivity index (χ1v) is 7.97. The number of ether oxygens (including phenoxy) is 1. The van der Waals surface area contributed by atoms with E-state index >= 15 is 0 Å². The molecular formula is C18H26N2O. The van der Waals surface area contributed by atoms with Crippen molar-refractivity contribution < 1.29 is 4.74 Å². The smallest absolute Gasteiger partial charge is 0.0652 e. The van der Waals surface area contributed by atoms with Crippen molar-refractivity contribution in [1.82, 2.24) is 9.88 Å². The Kier molecular flexibility index (Phi) is 4.05. The topological polar surface area (TPSA) is 26.2 Å². The summed E-state index contributed by atoms with van der Waals surface area (Å²) < 4.78 is 8.19. The number of para-hydroxylation sites is 1. The van der Waals surface area contributed by atoms with Crippen LogP contribution in [0.15, 0.2) is 30.5 Å². The van der Waals surface area contributed by atoms with Gasteiger partial charge in [0.15, 0.2) is 0 Å². The van der Waals surface area contributed by atoms with Crippen molar-refractivity contribution >= 4 is 10.9 Å². The van der Waals surface area contributed by atoms with Crippen molar-refractivity contribution in [3.8, 4) is 0 Å². The minimum atomic E-state index is -0.0701. The highest BCUT2D eigenvalue weighted by molar-refractivity contribution is 5.83. The summed E-state index contributed by atoms with van der Waals surface area (Å²) in [5.41, 5.74) is 2.63. The van der Waals surface area contributed by atoms with Crippen molar-refractivity contribution in [2.75, 3.05) is 6.61 Å². The molecule has 1 saturated carbocycles. The van der Waals surface area contributed by atoms with Crippen LogP contribution in [0.5, 0.6) is 0 Å². The molecule has 1 aliphatic carbocycles. The number of nitrogens with zero attached hydrogens (tertiary/aromatic N) is 1. The van der Waals surface area contributed by atoms with E-state index < -0.39 is 0 Å². The van der Waals surface area contributed by atoms with Crippen LogP contribution in [0.4, 0.5) is 0 Å². The van der Waals surface area contributed by atoms with Gasteiger partial charge in [0.2, 0.25) is 0 Å². The molecule has 3 heteroatoms. The molecule has 1 fully saturated rings. The lowest BCUT2D eigenvalue weighted by Crippen LogP contribution is -2.21. The molecule has 0 spiro atoms. The molecule has 2 aromatic rings. The first-order valence-electron chi connectivity index (χ1n) is 7.97. The van der Waals surface area contributed by atoms with Crippen LogP contribution in [-0.2, 0) is 17.8 Å². The van der Waals surface area contributed by atoms with Crippen LogP contribution in [0.2, 0.25) is 0 Å². The fourth-order valence-electron chi connectivity index (χ4n) is 2.64. The van der Waals surface area contributed by atoms with Crippen LogP contribution in [0.3, 0.4) is 0 Å². The van der Waals surface area contributed by atoms with Gasteiger partial charge in [0.25, 0.3) is 0 Å². The third-order valence-electron chi connectivity index (χ3n) is 3.90. The van der Waals surface area contributed by atoms with Gasteiger partial charge in [-0.05, 0) is 45.2 Å². The Bertz CT molecular complexity index is 605. The van der Waals surface area contributed by atoms with Crippen LogP contribution in [0.25, 0.3) is 10.9 Å². The van der Waals surface area contributed by atoms with E-state index in [-0.39, 0.29) is 5.60 Å². The van der Waals surface area contributed by atoms with Gasteiger partial charge >= 0.3 is 0 Å². The first kappa shape index (κ1) is 14.6. The molecular weight excluding hydrogens is 260 g/mol. The van der Waals surface area contributed by atoms with Gasteiger partial charge in [0.1, 0.15) is 0 Å². The third kappa shape index (κ3) is 3.86. The molecule has 3 nitrogen and oxygen atoms in total. The minimum absolute atomic E-state index is 0.0701. The molecule has 3 rings (SSSR count). The number of rotatable bonds is 6. The Balaban J connectivity index is 1.74. The maximum atomic E-state index is 5.86. The van der Waals surface area contributed by atoms with Crippen LogP contribution < -0.4 is 5.32 Å². The Morgan fingerprint density at radius 2 is 2.00 bits per heavy atom. The molecule has 0 aliphatic heterocycles. The zero-order chi connectivity index (χ0) is 14.9. The molecule has 0 atom stereocenters.